The molecule has 4 rings (SSSR count). The molecule has 0 spiro atoms. The molecule has 0 saturated carbocycles. The van der Waals surface area contributed by atoms with Gasteiger partial charge in [-0.25, -0.2) is 4.79 Å². The number of benzene rings is 2. The number of nitrogens with one attached hydrogen (secondary N) is 1. The average Bonchev–Trinajstić information content (AvgIpc) is 3.04. The molecule has 0 aliphatic carbocycles. The molecule has 158 valence electrons. The van der Waals surface area contributed by atoms with E-state index >= 15 is 0 Å². The quantitative estimate of drug-likeness (QED) is 0.764. The van der Waals surface area contributed by atoms with Crippen LogP contribution in [0.1, 0.15) is 37.0 Å². The fourth-order valence-corrected chi connectivity index (χ4v) is 4.45. The van der Waals surface area contributed by atoms with Crippen molar-refractivity contribution in [3.05, 3.63) is 47.0 Å². The maximum atomic E-state index is 12.0. The fourth-order valence-electron chi connectivity index (χ4n) is 4.45. The molecule has 2 aliphatic rings. The lowest BCUT2D eigenvalue weighted by molar-refractivity contribution is -0.125. The van der Waals surface area contributed by atoms with Crippen LogP contribution in [-0.2, 0) is 17.8 Å². The van der Waals surface area contributed by atoms with Gasteiger partial charge in [0.15, 0.2) is 0 Å². The number of carbonyl (C=O) groups is 2. The van der Waals surface area contributed by atoms with E-state index in [1.807, 2.05) is 18.2 Å². The number of carbonyl (C=O) groups excluding carboxylic acids is 2. The molecule has 6 heteroatoms. The van der Waals surface area contributed by atoms with Crippen LogP contribution in [0.2, 0.25) is 0 Å². The SMILES string of the molecule is COc1ccc(CN2C(=O)CNC2=O)cc1-c1cc2c(cc1C)N(C(C)C)CCC2. The second-order valence-electron chi connectivity index (χ2n) is 8.36. The van der Waals surface area contributed by atoms with E-state index in [9.17, 15) is 9.59 Å². The van der Waals surface area contributed by atoms with Crippen LogP contribution in [0.5, 0.6) is 5.75 Å². The molecule has 1 saturated heterocycles. The summed E-state index contributed by atoms with van der Waals surface area (Å²) < 4.78 is 5.66. The molecule has 2 aromatic carbocycles. The summed E-state index contributed by atoms with van der Waals surface area (Å²) in [6, 6.07) is 10.6. The predicted octanol–water partition coefficient (Wildman–Crippen LogP) is 3.88. The summed E-state index contributed by atoms with van der Waals surface area (Å²) in [6.45, 7) is 8.02. The molecule has 2 heterocycles. The van der Waals surface area contributed by atoms with E-state index in [2.05, 4.69) is 43.1 Å². The Morgan fingerprint density at radius 3 is 2.60 bits per heavy atom. The monoisotopic (exact) mass is 407 g/mol. The van der Waals surface area contributed by atoms with Crippen molar-refractivity contribution in [1.29, 1.82) is 0 Å². The molecule has 0 radical (unpaired) electrons. The Morgan fingerprint density at radius 1 is 1.13 bits per heavy atom. The van der Waals surface area contributed by atoms with Gasteiger partial charge in [0.25, 0.3) is 0 Å². The highest BCUT2D eigenvalue weighted by Gasteiger charge is 2.28. The van der Waals surface area contributed by atoms with Gasteiger partial charge in [-0.2, -0.15) is 0 Å². The van der Waals surface area contributed by atoms with Crippen molar-refractivity contribution >= 4 is 17.6 Å². The second-order valence-corrected chi connectivity index (χ2v) is 8.36. The van der Waals surface area contributed by atoms with Crippen molar-refractivity contribution < 1.29 is 14.3 Å². The molecule has 0 bridgehead atoms. The standard InChI is InChI=1S/C24H29N3O3/c1-15(2)26-9-5-6-18-12-19(16(3)10-21(18)26)20-11-17(7-8-22(20)30-4)14-27-23(28)13-25-24(27)29/h7-8,10-12,15H,5-6,9,13-14H2,1-4H3,(H,25,29). The van der Waals surface area contributed by atoms with Crippen LogP contribution in [-0.4, -0.2) is 43.1 Å². The van der Waals surface area contributed by atoms with Gasteiger partial charge in [-0.15, -0.1) is 0 Å². The molecule has 0 aromatic heterocycles. The maximum Gasteiger partial charge on any atom is 0.324 e. The minimum Gasteiger partial charge on any atom is -0.496 e. The highest BCUT2D eigenvalue weighted by atomic mass is 16.5. The zero-order chi connectivity index (χ0) is 21.4. The number of nitrogens with zero attached hydrogens (tertiary/aromatic N) is 2. The minimum atomic E-state index is -0.337. The maximum absolute atomic E-state index is 12.0. The summed E-state index contributed by atoms with van der Waals surface area (Å²) in [5.41, 5.74) is 6.90. The van der Waals surface area contributed by atoms with Gasteiger partial charge in [-0.3, -0.25) is 9.69 Å². The van der Waals surface area contributed by atoms with Crippen LogP contribution < -0.4 is 15.0 Å². The Morgan fingerprint density at radius 2 is 1.93 bits per heavy atom. The number of rotatable bonds is 5. The number of urea groups is 1. The van der Waals surface area contributed by atoms with E-state index < -0.39 is 0 Å². The number of aryl methyl sites for hydroxylation is 2. The largest absolute Gasteiger partial charge is 0.496 e. The molecule has 0 atom stereocenters. The first-order valence-electron chi connectivity index (χ1n) is 10.5. The van der Waals surface area contributed by atoms with Crippen molar-refractivity contribution in [2.45, 2.75) is 46.2 Å². The van der Waals surface area contributed by atoms with Gasteiger partial charge < -0.3 is 15.0 Å². The first kappa shape index (κ1) is 20.3. The fraction of sp³-hybridized carbons (Fsp3) is 0.417. The predicted molar refractivity (Wildman–Crippen MR) is 118 cm³/mol. The molecular weight excluding hydrogens is 378 g/mol. The van der Waals surface area contributed by atoms with E-state index in [0.717, 1.165) is 41.8 Å². The Hall–Kier alpha value is -3.02. The zero-order valence-electron chi connectivity index (χ0n) is 18.1. The van der Waals surface area contributed by atoms with Gasteiger partial charge in [-0.1, -0.05) is 6.07 Å². The number of ether oxygens (including phenoxy) is 1. The van der Waals surface area contributed by atoms with Crippen LogP contribution >= 0.6 is 0 Å². The molecule has 2 aliphatic heterocycles. The van der Waals surface area contributed by atoms with Gasteiger partial charge in [0, 0.05) is 23.8 Å². The Labute approximate surface area is 177 Å². The van der Waals surface area contributed by atoms with Crippen molar-refractivity contribution in [3.63, 3.8) is 0 Å². The van der Waals surface area contributed by atoms with E-state index in [0.29, 0.717) is 6.04 Å². The number of anilines is 1. The molecule has 0 unspecified atom stereocenters. The highest BCUT2D eigenvalue weighted by Crippen LogP contribution is 2.39. The summed E-state index contributed by atoms with van der Waals surface area (Å²) in [5, 5.41) is 2.57. The minimum absolute atomic E-state index is 0.0676. The number of hydrogen-bond acceptors (Lipinski definition) is 4. The van der Waals surface area contributed by atoms with Crippen molar-refractivity contribution in [2.75, 3.05) is 25.1 Å². The van der Waals surface area contributed by atoms with Crippen LogP contribution in [0.3, 0.4) is 0 Å². The molecule has 3 amide bonds. The third-order valence-corrected chi connectivity index (χ3v) is 6.04. The molecule has 30 heavy (non-hydrogen) atoms. The number of amides is 3. The van der Waals surface area contributed by atoms with Gasteiger partial charge in [-0.05, 0) is 80.1 Å². The van der Waals surface area contributed by atoms with Crippen molar-refractivity contribution in [1.82, 2.24) is 10.2 Å². The van der Waals surface area contributed by atoms with E-state index in [1.54, 1.807) is 7.11 Å². The Kier molecular flexibility index (Phi) is 5.41. The lowest BCUT2D eigenvalue weighted by Gasteiger charge is -2.35. The number of imide groups is 1. The third-order valence-electron chi connectivity index (χ3n) is 6.04. The van der Waals surface area contributed by atoms with Crippen LogP contribution in [0, 0.1) is 6.92 Å². The third kappa shape index (κ3) is 3.62. The molecule has 2 aromatic rings. The molecular formula is C24H29N3O3. The van der Waals surface area contributed by atoms with E-state index in [-0.39, 0.29) is 25.0 Å². The first-order chi connectivity index (χ1) is 14.4. The van der Waals surface area contributed by atoms with Crippen molar-refractivity contribution in [2.24, 2.45) is 0 Å². The molecule has 1 fully saturated rings. The van der Waals surface area contributed by atoms with Crippen LogP contribution in [0.4, 0.5) is 10.5 Å². The normalized spacial score (nSPS) is 16.2. The first-order valence-corrected chi connectivity index (χ1v) is 10.5. The second kappa shape index (κ2) is 8.01. The summed E-state index contributed by atoms with van der Waals surface area (Å²) in [7, 11) is 1.67. The molecule has 6 nitrogen and oxygen atoms in total. The van der Waals surface area contributed by atoms with Gasteiger partial charge >= 0.3 is 6.03 Å². The summed E-state index contributed by atoms with van der Waals surface area (Å²) in [4.78, 5) is 27.6. The van der Waals surface area contributed by atoms with E-state index in [1.165, 1.54) is 21.7 Å². The van der Waals surface area contributed by atoms with Gasteiger partial charge in [0.05, 0.1) is 20.2 Å². The number of fused-ring (bicyclic) bond motifs is 1. The Balaban J connectivity index is 1.74. The summed E-state index contributed by atoms with van der Waals surface area (Å²) in [6.07, 6.45) is 2.22. The average molecular weight is 408 g/mol. The molecule has 1 N–H and O–H groups in total. The lowest BCUT2D eigenvalue weighted by Crippen LogP contribution is -2.35. The smallest absolute Gasteiger partial charge is 0.324 e. The lowest BCUT2D eigenvalue weighted by atomic mass is 9.91. The van der Waals surface area contributed by atoms with Crippen LogP contribution in [0.15, 0.2) is 30.3 Å². The zero-order valence-corrected chi connectivity index (χ0v) is 18.1. The van der Waals surface area contributed by atoms with Crippen LogP contribution in [0.25, 0.3) is 11.1 Å². The van der Waals surface area contributed by atoms with E-state index in [4.69, 9.17) is 4.74 Å². The topological polar surface area (TPSA) is 61.9 Å². The highest BCUT2D eigenvalue weighted by molar-refractivity contribution is 6.01. The van der Waals surface area contributed by atoms with Crippen molar-refractivity contribution in [3.8, 4) is 16.9 Å². The van der Waals surface area contributed by atoms with Gasteiger partial charge in [0.1, 0.15) is 5.75 Å². The summed E-state index contributed by atoms with van der Waals surface area (Å²) in [5.74, 6) is 0.589. The number of methoxy groups -OCH3 is 1. The summed E-state index contributed by atoms with van der Waals surface area (Å²) >= 11 is 0. The Bertz CT molecular complexity index is 983. The van der Waals surface area contributed by atoms with Gasteiger partial charge in [0.2, 0.25) is 5.91 Å². The number of hydrogen-bond donors (Lipinski definition) is 1.